The van der Waals surface area contributed by atoms with E-state index in [4.69, 9.17) is 0 Å². The molecule has 0 radical (unpaired) electrons. The lowest BCUT2D eigenvalue weighted by molar-refractivity contribution is 0.570. The quantitative estimate of drug-likeness (QED) is 0.630. The molecule has 1 nitrogen and oxygen atoms in total. The van der Waals surface area contributed by atoms with Gasteiger partial charge in [-0.2, -0.15) is 0 Å². The predicted octanol–water partition coefficient (Wildman–Crippen LogP) is 5.66. The summed E-state index contributed by atoms with van der Waals surface area (Å²) in [6, 6.07) is 13.9. The first-order chi connectivity index (χ1) is 10.2. The average molecular weight is 320 g/mol. The number of hydrogen-bond acceptors (Lipinski definition) is 3. The van der Waals surface area contributed by atoms with Crippen molar-refractivity contribution in [2.45, 2.75) is 50.3 Å². The van der Waals surface area contributed by atoms with E-state index in [1.807, 2.05) is 23.1 Å². The van der Waals surface area contributed by atoms with Gasteiger partial charge in [0, 0.05) is 26.4 Å². The third kappa shape index (κ3) is 5.17. The summed E-state index contributed by atoms with van der Waals surface area (Å²) in [5.74, 6) is 1.07. The van der Waals surface area contributed by atoms with Crippen molar-refractivity contribution in [2.24, 2.45) is 0 Å². The van der Waals surface area contributed by atoms with Crippen LogP contribution in [0.15, 0.2) is 41.3 Å². The second-order valence-electron chi connectivity index (χ2n) is 5.26. The first-order valence-electron chi connectivity index (χ1n) is 7.76. The fourth-order valence-electron chi connectivity index (χ4n) is 2.20. The van der Waals surface area contributed by atoms with E-state index in [1.165, 1.54) is 26.6 Å². The van der Waals surface area contributed by atoms with Gasteiger partial charge in [-0.25, -0.2) is 0 Å². The molecule has 114 valence electrons. The molecule has 1 unspecified atom stereocenters. The standard InChI is InChI=1S/C18H25NS2/c1-4-11-19-14(3)15-7-6-8-17(12-15)20-13-18-10-9-16(5-2)21-18/h6-10,12,14,19H,4-5,11,13H2,1-3H3. The molecule has 0 amide bonds. The fourth-order valence-corrected chi connectivity index (χ4v) is 4.16. The van der Waals surface area contributed by atoms with Crippen LogP contribution in [0.3, 0.4) is 0 Å². The molecule has 0 spiro atoms. The van der Waals surface area contributed by atoms with Crippen molar-refractivity contribution < 1.29 is 0 Å². The topological polar surface area (TPSA) is 12.0 Å². The Hall–Kier alpha value is -0.770. The van der Waals surface area contributed by atoms with Gasteiger partial charge in [0.15, 0.2) is 0 Å². The van der Waals surface area contributed by atoms with Crippen LogP contribution in [-0.4, -0.2) is 6.54 Å². The molecule has 0 aliphatic carbocycles. The first kappa shape index (κ1) is 16.6. The van der Waals surface area contributed by atoms with Gasteiger partial charge < -0.3 is 5.32 Å². The molecule has 1 aromatic heterocycles. The van der Waals surface area contributed by atoms with E-state index in [0.717, 1.165) is 18.7 Å². The summed E-state index contributed by atoms with van der Waals surface area (Å²) in [5.41, 5.74) is 1.38. The van der Waals surface area contributed by atoms with E-state index >= 15 is 0 Å². The summed E-state index contributed by atoms with van der Waals surface area (Å²) in [6.45, 7) is 7.74. The minimum atomic E-state index is 0.430. The van der Waals surface area contributed by atoms with Crippen LogP contribution in [0, 0.1) is 0 Å². The Kier molecular flexibility index (Phi) is 6.81. The van der Waals surface area contributed by atoms with Crippen molar-refractivity contribution in [3.63, 3.8) is 0 Å². The highest BCUT2D eigenvalue weighted by molar-refractivity contribution is 7.98. The van der Waals surface area contributed by atoms with Gasteiger partial charge >= 0.3 is 0 Å². The zero-order valence-corrected chi connectivity index (χ0v) is 14.8. The fraction of sp³-hybridized carbons (Fsp3) is 0.444. The number of benzene rings is 1. The van der Waals surface area contributed by atoms with E-state index in [-0.39, 0.29) is 0 Å². The number of rotatable bonds is 8. The maximum Gasteiger partial charge on any atom is 0.0326 e. The Balaban J connectivity index is 1.94. The highest BCUT2D eigenvalue weighted by atomic mass is 32.2. The maximum atomic E-state index is 3.55. The Labute approximate surface area is 137 Å². The molecule has 1 heterocycles. The Morgan fingerprint density at radius 1 is 1.14 bits per heavy atom. The summed E-state index contributed by atoms with van der Waals surface area (Å²) in [5, 5.41) is 3.55. The van der Waals surface area contributed by atoms with Gasteiger partial charge in [-0.05, 0) is 56.1 Å². The SMILES string of the molecule is CCCNC(C)c1cccc(SCc2ccc(CC)s2)c1. The monoisotopic (exact) mass is 319 g/mol. The number of hydrogen-bond donors (Lipinski definition) is 1. The van der Waals surface area contributed by atoms with Crippen molar-refractivity contribution in [3.8, 4) is 0 Å². The number of thiophene rings is 1. The van der Waals surface area contributed by atoms with E-state index in [0.29, 0.717) is 6.04 Å². The summed E-state index contributed by atoms with van der Waals surface area (Å²) in [7, 11) is 0. The van der Waals surface area contributed by atoms with Crippen LogP contribution in [-0.2, 0) is 12.2 Å². The van der Waals surface area contributed by atoms with Crippen molar-refractivity contribution in [3.05, 3.63) is 51.7 Å². The van der Waals surface area contributed by atoms with Gasteiger partial charge in [0.1, 0.15) is 0 Å². The molecule has 1 N–H and O–H groups in total. The largest absolute Gasteiger partial charge is 0.310 e. The molecular formula is C18H25NS2. The van der Waals surface area contributed by atoms with Gasteiger partial charge in [0.05, 0.1) is 0 Å². The van der Waals surface area contributed by atoms with E-state index < -0.39 is 0 Å². The second-order valence-corrected chi connectivity index (χ2v) is 7.56. The minimum absolute atomic E-state index is 0.430. The lowest BCUT2D eigenvalue weighted by atomic mass is 10.1. The molecule has 2 rings (SSSR count). The number of aryl methyl sites for hydroxylation is 1. The molecular weight excluding hydrogens is 294 g/mol. The molecule has 0 aliphatic heterocycles. The number of nitrogens with one attached hydrogen (secondary N) is 1. The van der Waals surface area contributed by atoms with Crippen LogP contribution in [0.1, 0.15) is 48.6 Å². The number of thioether (sulfide) groups is 1. The van der Waals surface area contributed by atoms with E-state index in [9.17, 15) is 0 Å². The van der Waals surface area contributed by atoms with Crippen molar-refractivity contribution in [2.75, 3.05) is 6.54 Å². The van der Waals surface area contributed by atoms with E-state index in [2.05, 4.69) is 62.5 Å². The molecule has 3 heteroatoms. The summed E-state index contributed by atoms with van der Waals surface area (Å²) >= 11 is 3.88. The molecule has 2 aromatic rings. The molecule has 0 aliphatic rings. The van der Waals surface area contributed by atoms with Crippen LogP contribution in [0.4, 0.5) is 0 Å². The predicted molar refractivity (Wildman–Crippen MR) is 96.4 cm³/mol. The highest BCUT2D eigenvalue weighted by Gasteiger charge is 2.06. The first-order valence-corrected chi connectivity index (χ1v) is 9.56. The smallest absolute Gasteiger partial charge is 0.0326 e. The average Bonchev–Trinajstić information content (AvgIpc) is 2.99. The van der Waals surface area contributed by atoms with Gasteiger partial charge in [-0.15, -0.1) is 23.1 Å². The van der Waals surface area contributed by atoms with Crippen LogP contribution in [0.25, 0.3) is 0 Å². The minimum Gasteiger partial charge on any atom is -0.310 e. The molecule has 0 saturated carbocycles. The maximum absolute atomic E-state index is 3.55. The zero-order valence-electron chi connectivity index (χ0n) is 13.2. The third-order valence-corrected chi connectivity index (χ3v) is 5.96. The van der Waals surface area contributed by atoms with Crippen molar-refractivity contribution in [1.29, 1.82) is 0 Å². The van der Waals surface area contributed by atoms with E-state index in [1.54, 1.807) is 0 Å². The summed E-state index contributed by atoms with van der Waals surface area (Å²) in [6.07, 6.45) is 2.32. The Morgan fingerprint density at radius 3 is 2.67 bits per heavy atom. The van der Waals surface area contributed by atoms with Crippen LogP contribution >= 0.6 is 23.1 Å². The van der Waals surface area contributed by atoms with Gasteiger partial charge in [0.2, 0.25) is 0 Å². The summed E-state index contributed by atoms with van der Waals surface area (Å²) in [4.78, 5) is 4.32. The highest BCUT2D eigenvalue weighted by Crippen LogP contribution is 2.28. The third-order valence-electron chi connectivity index (χ3n) is 3.51. The van der Waals surface area contributed by atoms with Crippen molar-refractivity contribution >= 4 is 23.1 Å². The Bertz CT molecular complexity index is 548. The molecule has 0 saturated heterocycles. The van der Waals surface area contributed by atoms with Gasteiger partial charge in [-0.3, -0.25) is 0 Å². The van der Waals surface area contributed by atoms with Crippen LogP contribution < -0.4 is 5.32 Å². The van der Waals surface area contributed by atoms with Crippen LogP contribution in [0.2, 0.25) is 0 Å². The zero-order chi connectivity index (χ0) is 15.1. The molecule has 1 aromatic carbocycles. The van der Waals surface area contributed by atoms with Crippen LogP contribution in [0.5, 0.6) is 0 Å². The van der Waals surface area contributed by atoms with Gasteiger partial charge in [0.25, 0.3) is 0 Å². The molecule has 0 bridgehead atoms. The lowest BCUT2D eigenvalue weighted by Gasteiger charge is -2.14. The Morgan fingerprint density at radius 2 is 1.95 bits per heavy atom. The van der Waals surface area contributed by atoms with Gasteiger partial charge in [-0.1, -0.05) is 26.0 Å². The molecule has 21 heavy (non-hydrogen) atoms. The normalized spacial score (nSPS) is 12.5. The summed E-state index contributed by atoms with van der Waals surface area (Å²) < 4.78 is 0. The van der Waals surface area contributed by atoms with Crippen molar-refractivity contribution in [1.82, 2.24) is 5.32 Å². The second kappa shape index (κ2) is 8.62. The molecule has 0 fully saturated rings. The lowest BCUT2D eigenvalue weighted by Crippen LogP contribution is -2.19. The molecule has 1 atom stereocenters.